The van der Waals surface area contributed by atoms with Crippen molar-refractivity contribution in [2.75, 3.05) is 32.8 Å². The van der Waals surface area contributed by atoms with Crippen molar-refractivity contribution < 1.29 is 19.1 Å². The summed E-state index contributed by atoms with van der Waals surface area (Å²) in [5, 5.41) is 0. The van der Waals surface area contributed by atoms with Gasteiger partial charge in [-0.15, -0.1) is 0 Å². The summed E-state index contributed by atoms with van der Waals surface area (Å²) in [5.41, 5.74) is 0. The topological polar surface area (TPSA) is 59.1 Å². The third-order valence-electron chi connectivity index (χ3n) is 5.22. The smallest absolute Gasteiger partial charge is 0.227 e. The Bertz CT molecular complexity index is 436. The molecule has 0 aromatic carbocycles. The van der Waals surface area contributed by atoms with Crippen molar-refractivity contribution in [2.24, 2.45) is 5.92 Å². The Morgan fingerprint density at radius 2 is 1.83 bits per heavy atom. The van der Waals surface area contributed by atoms with Gasteiger partial charge in [0.2, 0.25) is 11.8 Å². The van der Waals surface area contributed by atoms with Crippen LogP contribution in [0.4, 0.5) is 0 Å². The minimum Gasteiger partial charge on any atom is -0.348 e. The molecule has 6 nitrogen and oxygen atoms in total. The summed E-state index contributed by atoms with van der Waals surface area (Å²) >= 11 is 0. The van der Waals surface area contributed by atoms with Crippen molar-refractivity contribution >= 4 is 11.8 Å². The second-order valence-corrected chi connectivity index (χ2v) is 6.74. The van der Waals surface area contributed by atoms with Crippen LogP contribution >= 0.6 is 0 Å². The average molecular weight is 324 g/mol. The number of amides is 2. The Kier molecular flexibility index (Phi) is 5.54. The monoisotopic (exact) mass is 324 g/mol. The van der Waals surface area contributed by atoms with Crippen LogP contribution in [0, 0.1) is 5.92 Å². The van der Waals surface area contributed by atoms with E-state index >= 15 is 0 Å². The maximum absolute atomic E-state index is 13.1. The molecule has 2 amide bonds. The molecule has 0 aliphatic carbocycles. The van der Waals surface area contributed by atoms with Crippen LogP contribution < -0.4 is 0 Å². The van der Waals surface area contributed by atoms with E-state index in [1.807, 2.05) is 16.7 Å². The molecule has 0 bridgehead atoms. The van der Waals surface area contributed by atoms with Gasteiger partial charge in [0.1, 0.15) is 0 Å². The SMILES string of the molecule is CCC(=O)N1CCCC(C(=O)N2CCCCC2C2OCCO2)C1. The van der Waals surface area contributed by atoms with Gasteiger partial charge in [-0.25, -0.2) is 0 Å². The number of ether oxygens (including phenoxy) is 2. The summed E-state index contributed by atoms with van der Waals surface area (Å²) in [6.07, 6.45) is 5.13. The highest BCUT2D eigenvalue weighted by molar-refractivity contribution is 5.81. The van der Waals surface area contributed by atoms with Crippen molar-refractivity contribution in [1.82, 2.24) is 9.80 Å². The average Bonchev–Trinajstić information content (AvgIpc) is 3.15. The maximum Gasteiger partial charge on any atom is 0.227 e. The van der Waals surface area contributed by atoms with Crippen LogP contribution in [0.3, 0.4) is 0 Å². The second-order valence-electron chi connectivity index (χ2n) is 6.74. The van der Waals surface area contributed by atoms with Crippen LogP contribution in [0.25, 0.3) is 0 Å². The van der Waals surface area contributed by atoms with Crippen LogP contribution in [-0.4, -0.2) is 66.8 Å². The Balaban J connectivity index is 1.66. The van der Waals surface area contributed by atoms with Gasteiger partial charge in [0.25, 0.3) is 0 Å². The number of rotatable bonds is 3. The number of carbonyl (C=O) groups is 2. The quantitative estimate of drug-likeness (QED) is 0.787. The summed E-state index contributed by atoms with van der Waals surface area (Å²) < 4.78 is 11.3. The molecule has 3 heterocycles. The molecular formula is C17H28N2O4. The predicted molar refractivity (Wildman–Crippen MR) is 84.6 cm³/mol. The van der Waals surface area contributed by atoms with E-state index in [4.69, 9.17) is 9.47 Å². The lowest BCUT2D eigenvalue weighted by Gasteiger charge is -2.41. The largest absolute Gasteiger partial charge is 0.348 e. The Labute approximate surface area is 138 Å². The third-order valence-corrected chi connectivity index (χ3v) is 5.22. The summed E-state index contributed by atoms with van der Waals surface area (Å²) in [6, 6.07) is 0.0380. The summed E-state index contributed by atoms with van der Waals surface area (Å²) in [5.74, 6) is 0.267. The standard InChI is InChI=1S/C17H28N2O4/c1-2-15(20)18-8-5-6-13(12-18)16(21)19-9-4-3-7-14(19)17-22-10-11-23-17/h13-14,17H,2-12H2,1H3. The molecule has 2 unspecified atom stereocenters. The van der Waals surface area contributed by atoms with Crippen LogP contribution in [0.5, 0.6) is 0 Å². The van der Waals surface area contributed by atoms with Gasteiger partial charge in [-0.3, -0.25) is 9.59 Å². The molecule has 0 saturated carbocycles. The van der Waals surface area contributed by atoms with E-state index in [0.29, 0.717) is 26.2 Å². The lowest BCUT2D eigenvalue weighted by molar-refractivity contribution is -0.156. The number of hydrogen-bond donors (Lipinski definition) is 0. The van der Waals surface area contributed by atoms with Gasteiger partial charge in [-0.1, -0.05) is 6.92 Å². The van der Waals surface area contributed by atoms with Gasteiger partial charge in [0.05, 0.1) is 25.2 Å². The fraction of sp³-hybridized carbons (Fsp3) is 0.882. The Hall–Kier alpha value is -1.14. The van der Waals surface area contributed by atoms with Crippen LogP contribution in [0.2, 0.25) is 0 Å². The minimum absolute atomic E-state index is 0.0380. The van der Waals surface area contributed by atoms with Crippen molar-refractivity contribution in [1.29, 1.82) is 0 Å². The highest BCUT2D eigenvalue weighted by atomic mass is 16.7. The van der Waals surface area contributed by atoms with Gasteiger partial charge < -0.3 is 19.3 Å². The van der Waals surface area contributed by atoms with Crippen molar-refractivity contribution in [3.63, 3.8) is 0 Å². The second kappa shape index (κ2) is 7.62. The van der Waals surface area contributed by atoms with Crippen LogP contribution in [-0.2, 0) is 19.1 Å². The van der Waals surface area contributed by atoms with E-state index in [-0.39, 0.29) is 30.1 Å². The lowest BCUT2D eigenvalue weighted by Crippen LogP contribution is -2.54. The number of hydrogen-bond acceptors (Lipinski definition) is 4. The molecule has 0 aromatic heterocycles. The molecule has 3 saturated heterocycles. The highest BCUT2D eigenvalue weighted by Crippen LogP contribution is 2.28. The summed E-state index contributed by atoms with van der Waals surface area (Å²) in [4.78, 5) is 28.8. The lowest BCUT2D eigenvalue weighted by atomic mass is 9.93. The van der Waals surface area contributed by atoms with Gasteiger partial charge in [0.15, 0.2) is 6.29 Å². The molecule has 3 aliphatic rings. The van der Waals surface area contributed by atoms with E-state index in [9.17, 15) is 9.59 Å². The first kappa shape index (κ1) is 16.7. The minimum atomic E-state index is -0.267. The molecule has 0 N–H and O–H groups in total. The zero-order chi connectivity index (χ0) is 16.2. The molecule has 130 valence electrons. The molecule has 3 rings (SSSR count). The highest BCUT2D eigenvalue weighted by Gasteiger charge is 2.39. The summed E-state index contributed by atoms with van der Waals surface area (Å²) in [7, 11) is 0. The van der Waals surface area contributed by atoms with Crippen LogP contribution in [0.15, 0.2) is 0 Å². The fourth-order valence-corrected chi connectivity index (χ4v) is 3.98. The number of piperidine rings is 2. The zero-order valence-corrected chi connectivity index (χ0v) is 14.0. The Morgan fingerprint density at radius 1 is 1.04 bits per heavy atom. The first-order chi connectivity index (χ1) is 11.2. The van der Waals surface area contributed by atoms with E-state index in [1.54, 1.807) is 0 Å². The van der Waals surface area contributed by atoms with Gasteiger partial charge >= 0.3 is 0 Å². The molecule has 0 radical (unpaired) electrons. The first-order valence-corrected chi connectivity index (χ1v) is 9.02. The molecule has 6 heteroatoms. The summed E-state index contributed by atoms with van der Waals surface area (Å²) in [6.45, 7) is 5.25. The van der Waals surface area contributed by atoms with Gasteiger partial charge in [0, 0.05) is 26.1 Å². The van der Waals surface area contributed by atoms with Gasteiger partial charge in [-0.05, 0) is 32.1 Å². The van der Waals surface area contributed by atoms with Gasteiger partial charge in [-0.2, -0.15) is 0 Å². The molecule has 0 spiro atoms. The molecular weight excluding hydrogens is 296 g/mol. The van der Waals surface area contributed by atoms with E-state index in [0.717, 1.165) is 45.2 Å². The maximum atomic E-state index is 13.1. The normalized spacial score (nSPS) is 29.8. The van der Waals surface area contributed by atoms with E-state index in [2.05, 4.69) is 0 Å². The Morgan fingerprint density at radius 3 is 2.57 bits per heavy atom. The number of nitrogens with zero attached hydrogens (tertiary/aromatic N) is 2. The predicted octanol–water partition coefficient (Wildman–Crippen LogP) is 1.39. The van der Waals surface area contributed by atoms with Crippen molar-refractivity contribution in [2.45, 2.75) is 57.8 Å². The zero-order valence-electron chi connectivity index (χ0n) is 14.0. The fourth-order valence-electron chi connectivity index (χ4n) is 3.98. The molecule has 0 aromatic rings. The first-order valence-electron chi connectivity index (χ1n) is 9.02. The van der Waals surface area contributed by atoms with E-state index in [1.165, 1.54) is 0 Å². The number of likely N-dealkylation sites (tertiary alicyclic amines) is 2. The van der Waals surface area contributed by atoms with Crippen molar-refractivity contribution in [3.05, 3.63) is 0 Å². The molecule has 3 fully saturated rings. The molecule has 3 aliphatic heterocycles. The number of carbonyl (C=O) groups excluding carboxylic acids is 2. The van der Waals surface area contributed by atoms with E-state index < -0.39 is 0 Å². The third kappa shape index (κ3) is 3.69. The van der Waals surface area contributed by atoms with Crippen molar-refractivity contribution in [3.8, 4) is 0 Å². The van der Waals surface area contributed by atoms with Crippen LogP contribution in [0.1, 0.15) is 45.4 Å². The molecule has 2 atom stereocenters. The molecule has 23 heavy (non-hydrogen) atoms.